The van der Waals surface area contributed by atoms with E-state index in [9.17, 15) is 4.79 Å². The van der Waals surface area contributed by atoms with E-state index in [1.54, 1.807) is 0 Å². The second-order valence-corrected chi connectivity index (χ2v) is 6.89. The van der Waals surface area contributed by atoms with E-state index in [-0.39, 0.29) is 5.91 Å². The van der Waals surface area contributed by atoms with Crippen molar-refractivity contribution in [3.63, 3.8) is 0 Å². The molecule has 3 heteroatoms. The molecule has 3 nitrogen and oxygen atoms in total. The fourth-order valence-electron chi connectivity index (χ4n) is 3.54. The molecule has 1 heterocycles. The summed E-state index contributed by atoms with van der Waals surface area (Å²) in [5.41, 5.74) is 0.769. The molecule has 120 valence electrons. The van der Waals surface area contributed by atoms with E-state index in [0.717, 1.165) is 37.4 Å². The van der Waals surface area contributed by atoms with Gasteiger partial charge in [-0.1, -0.05) is 37.5 Å². The largest absolute Gasteiger partial charge is 0.349 e. The van der Waals surface area contributed by atoms with Crippen molar-refractivity contribution in [1.29, 1.82) is 0 Å². The van der Waals surface area contributed by atoms with Crippen molar-refractivity contribution in [3.05, 3.63) is 35.9 Å². The fourth-order valence-corrected chi connectivity index (χ4v) is 3.54. The van der Waals surface area contributed by atoms with Crippen molar-refractivity contribution < 1.29 is 4.79 Å². The number of amides is 1. The zero-order valence-corrected chi connectivity index (χ0v) is 13.5. The second kappa shape index (κ2) is 7.77. The van der Waals surface area contributed by atoms with Gasteiger partial charge in [-0.05, 0) is 50.3 Å². The van der Waals surface area contributed by atoms with Gasteiger partial charge in [-0.2, -0.15) is 0 Å². The highest BCUT2D eigenvalue weighted by atomic mass is 16.1. The van der Waals surface area contributed by atoms with Crippen LogP contribution in [0.5, 0.6) is 0 Å². The number of benzene rings is 1. The summed E-state index contributed by atoms with van der Waals surface area (Å²) in [5, 5.41) is 3.18. The SMILES string of the molecule is O=C(NC1CCN(CCCC2CCC2)CC1)c1ccccc1. The number of hydrogen-bond acceptors (Lipinski definition) is 2. The van der Waals surface area contributed by atoms with Crippen molar-refractivity contribution in [2.75, 3.05) is 19.6 Å². The molecule has 1 aliphatic carbocycles. The van der Waals surface area contributed by atoms with Gasteiger partial charge in [0.2, 0.25) is 0 Å². The predicted molar refractivity (Wildman–Crippen MR) is 89.9 cm³/mol. The minimum absolute atomic E-state index is 0.0732. The Morgan fingerprint density at radius 3 is 2.45 bits per heavy atom. The standard InChI is InChI=1S/C19H28N2O/c22-19(17-9-2-1-3-10-17)20-18-11-14-21(15-12-18)13-5-8-16-6-4-7-16/h1-3,9-10,16,18H,4-8,11-15H2,(H,20,22). The first-order valence-electron chi connectivity index (χ1n) is 8.89. The molecule has 1 aliphatic heterocycles. The van der Waals surface area contributed by atoms with E-state index >= 15 is 0 Å². The number of carbonyl (C=O) groups is 1. The lowest BCUT2D eigenvalue weighted by Crippen LogP contribution is -2.44. The summed E-state index contributed by atoms with van der Waals surface area (Å²) >= 11 is 0. The van der Waals surface area contributed by atoms with Crippen molar-refractivity contribution in [2.45, 2.75) is 51.0 Å². The van der Waals surface area contributed by atoms with E-state index in [4.69, 9.17) is 0 Å². The smallest absolute Gasteiger partial charge is 0.251 e. The molecular formula is C19H28N2O. The Hall–Kier alpha value is -1.35. The van der Waals surface area contributed by atoms with Gasteiger partial charge in [-0.3, -0.25) is 4.79 Å². The predicted octanol–water partition coefficient (Wildman–Crippen LogP) is 3.46. The van der Waals surface area contributed by atoms with Crippen molar-refractivity contribution in [2.24, 2.45) is 5.92 Å². The first-order valence-corrected chi connectivity index (χ1v) is 8.89. The molecule has 1 aromatic carbocycles. The number of nitrogens with one attached hydrogen (secondary N) is 1. The quantitative estimate of drug-likeness (QED) is 0.872. The third kappa shape index (κ3) is 4.33. The number of rotatable bonds is 6. The van der Waals surface area contributed by atoms with Gasteiger partial charge in [-0.15, -0.1) is 0 Å². The van der Waals surface area contributed by atoms with Gasteiger partial charge in [0.05, 0.1) is 0 Å². The minimum Gasteiger partial charge on any atom is -0.349 e. The maximum atomic E-state index is 12.2. The van der Waals surface area contributed by atoms with Crippen LogP contribution in [0.2, 0.25) is 0 Å². The highest BCUT2D eigenvalue weighted by Crippen LogP contribution is 2.30. The summed E-state index contributed by atoms with van der Waals surface area (Å²) in [6, 6.07) is 9.88. The summed E-state index contributed by atoms with van der Waals surface area (Å²) in [7, 11) is 0. The highest BCUT2D eigenvalue weighted by Gasteiger charge is 2.22. The maximum Gasteiger partial charge on any atom is 0.251 e. The molecule has 2 aliphatic rings. The lowest BCUT2D eigenvalue weighted by atomic mass is 9.82. The molecule has 0 bridgehead atoms. The number of piperidine rings is 1. The zero-order valence-electron chi connectivity index (χ0n) is 13.5. The van der Waals surface area contributed by atoms with Crippen LogP contribution in [0, 0.1) is 5.92 Å². The fraction of sp³-hybridized carbons (Fsp3) is 0.632. The van der Waals surface area contributed by atoms with Crippen molar-refractivity contribution >= 4 is 5.91 Å². The Morgan fingerprint density at radius 2 is 1.82 bits per heavy atom. The van der Waals surface area contributed by atoms with Crippen LogP contribution >= 0.6 is 0 Å². The summed E-state index contributed by atoms with van der Waals surface area (Å²) < 4.78 is 0. The first kappa shape index (κ1) is 15.5. The van der Waals surface area contributed by atoms with E-state index < -0.39 is 0 Å². The molecule has 1 aromatic rings. The van der Waals surface area contributed by atoms with E-state index in [2.05, 4.69) is 10.2 Å². The van der Waals surface area contributed by atoms with Crippen LogP contribution in [0.4, 0.5) is 0 Å². The van der Waals surface area contributed by atoms with E-state index in [0.29, 0.717) is 6.04 Å². The summed E-state index contributed by atoms with van der Waals surface area (Å²) in [5.74, 6) is 1.10. The first-order chi connectivity index (χ1) is 10.8. The highest BCUT2D eigenvalue weighted by molar-refractivity contribution is 5.94. The van der Waals surface area contributed by atoms with Crippen LogP contribution < -0.4 is 5.32 Å². The second-order valence-electron chi connectivity index (χ2n) is 6.89. The zero-order chi connectivity index (χ0) is 15.2. The summed E-state index contributed by atoms with van der Waals surface area (Å²) in [6.07, 6.45) is 9.33. The van der Waals surface area contributed by atoms with Gasteiger partial charge in [0.25, 0.3) is 5.91 Å². The Kier molecular flexibility index (Phi) is 5.49. The molecule has 0 aromatic heterocycles. The lowest BCUT2D eigenvalue weighted by molar-refractivity contribution is 0.0909. The van der Waals surface area contributed by atoms with Crippen molar-refractivity contribution in [3.8, 4) is 0 Å². The third-order valence-electron chi connectivity index (χ3n) is 5.27. The molecule has 22 heavy (non-hydrogen) atoms. The Morgan fingerprint density at radius 1 is 1.09 bits per heavy atom. The van der Waals surface area contributed by atoms with Gasteiger partial charge in [0, 0.05) is 24.7 Å². The Bertz CT molecular complexity index is 462. The lowest BCUT2D eigenvalue weighted by Gasteiger charge is -2.33. The number of nitrogens with zero attached hydrogens (tertiary/aromatic N) is 1. The van der Waals surface area contributed by atoms with Crippen molar-refractivity contribution in [1.82, 2.24) is 10.2 Å². The molecular weight excluding hydrogens is 272 g/mol. The van der Waals surface area contributed by atoms with Crippen LogP contribution in [-0.2, 0) is 0 Å². The monoisotopic (exact) mass is 300 g/mol. The van der Waals surface area contributed by atoms with Crippen LogP contribution in [0.1, 0.15) is 55.3 Å². The molecule has 1 saturated heterocycles. The van der Waals surface area contributed by atoms with Gasteiger partial charge in [0.15, 0.2) is 0 Å². The summed E-state index contributed by atoms with van der Waals surface area (Å²) in [6.45, 7) is 3.50. The van der Waals surface area contributed by atoms with Gasteiger partial charge in [0.1, 0.15) is 0 Å². The number of hydrogen-bond donors (Lipinski definition) is 1. The molecule has 1 saturated carbocycles. The Balaban J connectivity index is 1.33. The van der Waals surface area contributed by atoms with Crippen LogP contribution in [0.25, 0.3) is 0 Å². The average Bonchev–Trinajstić information content (AvgIpc) is 2.52. The third-order valence-corrected chi connectivity index (χ3v) is 5.27. The average molecular weight is 300 g/mol. The molecule has 0 radical (unpaired) electrons. The molecule has 1 amide bonds. The maximum absolute atomic E-state index is 12.2. The molecule has 3 rings (SSSR count). The van der Waals surface area contributed by atoms with Gasteiger partial charge < -0.3 is 10.2 Å². The number of likely N-dealkylation sites (tertiary alicyclic amines) is 1. The number of carbonyl (C=O) groups excluding carboxylic acids is 1. The molecule has 0 atom stereocenters. The van der Waals surface area contributed by atoms with Crippen LogP contribution in [0.15, 0.2) is 30.3 Å². The summed E-state index contributed by atoms with van der Waals surface area (Å²) in [4.78, 5) is 14.7. The van der Waals surface area contributed by atoms with Crippen LogP contribution in [0.3, 0.4) is 0 Å². The normalized spacial score (nSPS) is 20.5. The topological polar surface area (TPSA) is 32.3 Å². The van der Waals surface area contributed by atoms with Gasteiger partial charge in [-0.25, -0.2) is 0 Å². The van der Waals surface area contributed by atoms with Crippen LogP contribution in [-0.4, -0.2) is 36.5 Å². The molecule has 0 spiro atoms. The molecule has 2 fully saturated rings. The minimum atomic E-state index is 0.0732. The molecule has 0 unspecified atom stereocenters. The van der Waals surface area contributed by atoms with E-state index in [1.807, 2.05) is 30.3 Å². The molecule has 1 N–H and O–H groups in total. The Labute approximate surface area is 134 Å². The van der Waals surface area contributed by atoms with Gasteiger partial charge >= 0.3 is 0 Å². The van der Waals surface area contributed by atoms with E-state index in [1.165, 1.54) is 38.6 Å².